The molecule has 0 bridgehead atoms. The van der Waals surface area contributed by atoms with Crippen LogP contribution in [0.15, 0.2) is 47.5 Å². The Kier molecular flexibility index (Phi) is 4.51. The lowest BCUT2D eigenvalue weighted by Crippen LogP contribution is -2.24. The fraction of sp³-hybridized carbons (Fsp3) is 0.0833. The van der Waals surface area contributed by atoms with Crippen molar-refractivity contribution in [1.82, 2.24) is 9.71 Å². The smallest absolute Gasteiger partial charge is 0.260 e. The second-order valence-electron chi connectivity index (χ2n) is 4.01. The SMILES string of the molecule is O=[N+]([O-])c1cc(Cl)ccc1S(=O)(=O)NCc1ccccn1. The summed E-state index contributed by atoms with van der Waals surface area (Å²) < 4.78 is 26.6. The monoisotopic (exact) mass is 327 g/mol. The van der Waals surface area contributed by atoms with E-state index in [9.17, 15) is 18.5 Å². The van der Waals surface area contributed by atoms with Crippen LogP contribution in [-0.2, 0) is 16.6 Å². The van der Waals surface area contributed by atoms with Crippen molar-refractivity contribution in [1.29, 1.82) is 0 Å². The summed E-state index contributed by atoms with van der Waals surface area (Å²) in [4.78, 5) is 13.7. The first kappa shape index (κ1) is 15.4. The summed E-state index contributed by atoms with van der Waals surface area (Å²) in [7, 11) is -4.04. The Bertz CT molecular complexity index is 765. The highest BCUT2D eigenvalue weighted by Crippen LogP contribution is 2.27. The number of nitro benzene ring substituents is 1. The molecule has 0 aliphatic heterocycles. The summed E-state index contributed by atoms with van der Waals surface area (Å²) >= 11 is 5.65. The third kappa shape index (κ3) is 3.75. The molecule has 0 saturated carbocycles. The minimum atomic E-state index is -4.04. The highest BCUT2D eigenvalue weighted by atomic mass is 35.5. The van der Waals surface area contributed by atoms with E-state index >= 15 is 0 Å². The predicted octanol–water partition coefficient (Wildman–Crippen LogP) is 2.12. The Morgan fingerprint density at radius 3 is 2.67 bits per heavy atom. The average Bonchev–Trinajstić information content (AvgIpc) is 2.46. The average molecular weight is 328 g/mol. The topological polar surface area (TPSA) is 102 Å². The molecule has 110 valence electrons. The number of hydrogen-bond donors (Lipinski definition) is 1. The highest BCUT2D eigenvalue weighted by molar-refractivity contribution is 7.89. The van der Waals surface area contributed by atoms with E-state index in [0.717, 1.165) is 12.1 Å². The van der Waals surface area contributed by atoms with Crippen LogP contribution in [0.2, 0.25) is 5.02 Å². The van der Waals surface area contributed by atoms with E-state index < -0.39 is 25.5 Å². The second kappa shape index (κ2) is 6.17. The van der Waals surface area contributed by atoms with E-state index in [0.29, 0.717) is 5.69 Å². The molecule has 2 rings (SSSR count). The molecule has 1 aromatic carbocycles. The van der Waals surface area contributed by atoms with Gasteiger partial charge in [-0.05, 0) is 24.3 Å². The minimum Gasteiger partial charge on any atom is -0.260 e. The standard InChI is InChI=1S/C12H10ClN3O4S/c13-9-4-5-12(11(7-9)16(17)18)21(19,20)15-8-10-3-1-2-6-14-10/h1-7,15H,8H2. The van der Waals surface area contributed by atoms with Crippen LogP contribution in [0, 0.1) is 10.1 Å². The zero-order valence-electron chi connectivity index (χ0n) is 10.6. The Morgan fingerprint density at radius 1 is 1.29 bits per heavy atom. The minimum absolute atomic E-state index is 0.0665. The molecule has 1 aromatic heterocycles. The first-order chi connectivity index (χ1) is 9.90. The van der Waals surface area contributed by atoms with Crippen molar-refractivity contribution in [3.63, 3.8) is 0 Å². The number of benzene rings is 1. The number of aromatic nitrogens is 1. The summed E-state index contributed by atoms with van der Waals surface area (Å²) in [6.45, 7) is -0.0665. The summed E-state index contributed by atoms with van der Waals surface area (Å²) in [6, 6.07) is 8.42. The lowest BCUT2D eigenvalue weighted by molar-refractivity contribution is -0.387. The van der Waals surface area contributed by atoms with E-state index in [-0.39, 0.29) is 11.6 Å². The number of nitro groups is 1. The van der Waals surface area contributed by atoms with Crippen molar-refractivity contribution in [2.45, 2.75) is 11.4 Å². The Hall–Kier alpha value is -2.03. The molecule has 0 radical (unpaired) electrons. The highest BCUT2D eigenvalue weighted by Gasteiger charge is 2.25. The molecule has 1 N–H and O–H groups in total. The van der Waals surface area contributed by atoms with Gasteiger partial charge in [-0.15, -0.1) is 0 Å². The molecule has 0 aliphatic rings. The van der Waals surface area contributed by atoms with Crippen molar-refractivity contribution in [2.24, 2.45) is 0 Å². The van der Waals surface area contributed by atoms with Gasteiger partial charge < -0.3 is 0 Å². The Labute approximate surface area is 125 Å². The van der Waals surface area contributed by atoms with Gasteiger partial charge in [-0.2, -0.15) is 0 Å². The molecule has 9 heteroatoms. The van der Waals surface area contributed by atoms with Gasteiger partial charge in [-0.25, -0.2) is 13.1 Å². The fourth-order valence-corrected chi connectivity index (χ4v) is 2.93. The maximum atomic E-state index is 12.2. The van der Waals surface area contributed by atoms with Gasteiger partial charge in [0, 0.05) is 17.3 Å². The van der Waals surface area contributed by atoms with Gasteiger partial charge in [0.1, 0.15) is 0 Å². The van der Waals surface area contributed by atoms with Crippen molar-refractivity contribution in [3.8, 4) is 0 Å². The first-order valence-corrected chi connectivity index (χ1v) is 7.60. The molecule has 0 amide bonds. The molecule has 0 saturated heterocycles. The zero-order chi connectivity index (χ0) is 15.5. The molecule has 21 heavy (non-hydrogen) atoms. The van der Waals surface area contributed by atoms with Crippen LogP contribution < -0.4 is 4.72 Å². The summed E-state index contributed by atoms with van der Waals surface area (Å²) in [5.41, 5.74) is -0.0753. The molecule has 1 heterocycles. The predicted molar refractivity (Wildman–Crippen MR) is 76.4 cm³/mol. The van der Waals surface area contributed by atoms with Crippen LogP contribution in [0.1, 0.15) is 5.69 Å². The van der Waals surface area contributed by atoms with Gasteiger partial charge in [0.2, 0.25) is 10.0 Å². The zero-order valence-corrected chi connectivity index (χ0v) is 12.1. The van der Waals surface area contributed by atoms with E-state index in [1.54, 1.807) is 18.2 Å². The Morgan fingerprint density at radius 2 is 2.05 bits per heavy atom. The summed E-state index contributed by atoms with van der Waals surface area (Å²) in [5.74, 6) is 0. The van der Waals surface area contributed by atoms with Crippen LogP contribution in [0.4, 0.5) is 5.69 Å². The molecular formula is C12H10ClN3O4S. The van der Waals surface area contributed by atoms with E-state index in [2.05, 4.69) is 9.71 Å². The molecule has 0 atom stereocenters. The van der Waals surface area contributed by atoms with Crippen LogP contribution >= 0.6 is 11.6 Å². The first-order valence-electron chi connectivity index (χ1n) is 5.73. The van der Waals surface area contributed by atoms with Crippen LogP contribution in [0.5, 0.6) is 0 Å². The normalized spacial score (nSPS) is 11.3. The lowest BCUT2D eigenvalue weighted by atomic mass is 10.3. The summed E-state index contributed by atoms with van der Waals surface area (Å²) in [6.07, 6.45) is 1.52. The maximum Gasteiger partial charge on any atom is 0.290 e. The molecule has 0 aliphatic carbocycles. The van der Waals surface area contributed by atoms with E-state index in [1.807, 2.05) is 0 Å². The van der Waals surface area contributed by atoms with Crippen molar-refractivity contribution < 1.29 is 13.3 Å². The second-order valence-corrected chi connectivity index (χ2v) is 6.19. The molecule has 0 unspecified atom stereocenters. The lowest BCUT2D eigenvalue weighted by Gasteiger charge is -2.07. The van der Waals surface area contributed by atoms with Crippen molar-refractivity contribution in [3.05, 3.63) is 63.4 Å². The fourth-order valence-electron chi connectivity index (χ4n) is 1.61. The number of nitrogens with zero attached hydrogens (tertiary/aromatic N) is 2. The van der Waals surface area contributed by atoms with Crippen LogP contribution in [0.25, 0.3) is 0 Å². The molecule has 0 fully saturated rings. The molecule has 7 nitrogen and oxygen atoms in total. The van der Waals surface area contributed by atoms with Gasteiger partial charge in [0.15, 0.2) is 4.90 Å². The quantitative estimate of drug-likeness (QED) is 0.669. The summed E-state index contributed by atoms with van der Waals surface area (Å²) in [5, 5.41) is 11.0. The Balaban J connectivity index is 2.30. The van der Waals surface area contributed by atoms with Crippen molar-refractivity contribution >= 4 is 27.3 Å². The number of sulfonamides is 1. The van der Waals surface area contributed by atoms with Gasteiger partial charge in [-0.3, -0.25) is 15.1 Å². The van der Waals surface area contributed by atoms with Gasteiger partial charge in [-0.1, -0.05) is 17.7 Å². The third-order valence-electron chi connectivity index (χ3n) is 2.58. The molecule has 2 aromatic rings. The maximum absolute atomic E-state index is 12.2. The third-order valence-corrected chi connectivity index (χ3v) is 4.26. The van der Waals surface area contributed by atoms with Gasteiger partial charge >= 0.3 is 0 Å². The molecular weight excluding hydrogens is 318 g/mol. The van der Waals surface area contributed by atoms with Crippen LogP contribution in [0.3, 0.4) is 0 Å². The number of hydrogen-bond acceptors (Lipinski definition) is 5. The van der Waals surface area contributed by atoms with E-state index in [4.69, 9.17) is 11.6 Å². The van der Waals surface area contributed by atoms with Gasteiger partial charge in [0.25, 0.3) is 5.69 Å². The number of halogens is 1. The largest absolute Gasteiger partial charge is 0.290 e. The van der Waals surface area contributed by atoms with E-state index in [1.165, 1.54) is 12.3 Å². The number of pyridine rings is 1. The van der Waals surface area contributed by atoms with Crippen molar-refractivity contribution in [2.75, 3.05) is 0 Å². The van der Waals surface area contributed by atoms with Gasteiger partial charge in [0.05, 0.1) is 17.2 Å². The number of nitrogens with one attached hydrogen (secondary N) is 1. The number of rotatable bonds is 5. The van der Waals surface area contributed by atoms with Crippen LogP contribution in [-0.4, -0.2) is 18.3 Å². The molecule has 0 spiro atoms.